The Morgan fingerprint density at radius 3 is 2.76 bits per heavy atom. The minimum atomic E-state index is -1.23. The molecule has 0 spiro atoms. The zero-order valence-electron chi connectivity index (χ0n) is 17.6. The molecule has 1 fully saturated rings. The molecule has 0 bridgehead atoms. The summed E-state index contributed by atoms with van der Waals surface area (Å²) in [5.41, 5.74) is 5.63. The van der Waals surface area contributed by atoms with Gasteiger partial charge in [-0.3, -0.25) is 14.5 Å². The first-order valence-electron chi connectivity index (χ1n) is 9.74. The van der Waals surface area contributed by atoms with Crippen LogP contribution in [0, 0.1) is 0 Å². The topological polar surface area (TPSA) is 162 Å². The highest BCUT2D eigenvalue weighted by atomic mass is 32.2. The van der Waals surface area contributed by atoms with Gasteiger partial charge in [-0.05, 0) is 17.1 Å². The number of aromatic nitrogens is 2. The number of hydrogen-bond acceptors (Lipinski definition) is 10. The molecule has 4 rings (SSSR count). The molecule has 4 heterocycles. The number of amides is 2. The van der Waals surface area contributed by atoms with Crippen molar-refractivity contribution >= 4 is 63.5 Å². The lowest BCUT2D eigenvalue weighted by Crippen LogP contribution is -2.71. The summed E-state index contributed by atoms with van der Waals surface area (Å²) in [7, 11) is 1.91. The Hall–Kier alpha value is -3.36. The Bertz CT molecular complexity index is 1240. The number of nitrogen functional groups attached to an aromatic ring is 1. The number of carboxylic acid groups (broad SMARTS) is 1. The molecule has 14 heteroatoms. The number of carbonyl (C=O) groups excluding carboxylic acids is 2. The number of allylic oxidation sites excluding steroid dienone is 1. The van der Waals surface area contributed by atoms with Crippen LogP contribution in [-0.2, 0) is 21.4 Å². The largest absolute Gasteiger partial charge is 0.477 e. The van der Waals surface area contributed by atoms with E-state index in [4.69, 9.17) is 5.73 Å². The Balaban J connectivity index is 1.47. The molecule has 34 heavy (non-hydrogen) atoms. The van der Waals surface area contributed by atoms with Crippen molar-refractivity contribution in [2.24, 2.45) is 12.2 Å². The van der Waals surface area contributed by atoms with Gasteiger partial charge in [-0.25, -0.2) is 14.3 Å². The summed E-state index contributed by atoms with van der Waals surface area (Å²) in [5.74, 6) is -2.26. The normalized spacial score (nSPS) is 20.3. The van der Waals surface area contributed by atoms with Crippen molar-refractivity contribution in [2.75, 3.05) is 11.5 Å². The molecule has 2 aromatic heterocycles. The van der Waals surface area contributed by atoms with Crippen molar-refractivity contribution in [3.05, 3.63) is 58.4 Å². The predicted octanol–water partition coefficient (Wildman–Crippen LogP) is 0.773. The molecule has 2 amide bonds. The van der Waals surface area contributed by atoms with E-state index in [0.29, 0.717) is 11.3 Å². The van der Waals surface area contributed by atoms with E-state index >= 15 is 0 Å². The molecule has 0 unspecified atom stereocenters. The fraction of sp³-hybridized carbons (Fsp3) is 0.200. The first kappa shape index (κ1) is 23.8. The van der Waals surface area contributed by atoms with E-state index in [1.165, 1.54) is 33.8 Å². The van der Waals surface area contributed by atoms with Crippen LogP contribution in [0.4, 0.5) is 5.13 Å². The maximum Gasteiger partial charge on any atom is 0.352 e. The van der Waals surface area contributed by atoms with Crippen LogP contribution >= 0.6 is 34.9 Å². The summed E-state index contributed by atoms with van der Waals surface area (Å²) in [6.07, 6.45) is 5.50. The Kier molecular flexibility index (Phi) is 6.90. The maximum absolute atomic E-state index is 12.8. The van der Waals surface area contributed by atoms with Crippen LogP contribution in [0.15, 0.2) is 62.7 Å². The van der Waals surface area contributed by atoms with Gasteiger partial charge in [0.1, 0.15) is 29.9 Å². The molecule has 0 saturated carbocycles. The highest BCUT2D eigenvalue weighted by Crippen LogP contribution is 2.41. The fourth-order valence-corrected chi connectivity index (χ4v) is 5.89. The van der Waals surface area contributed by atoms with E-state index in [0.717, 1.165) is 16.2 Å². The Labute approximate surface area is 206 Å². The second-order valence-electron chi connectivity index (χ2n) is 7.18. The number of carbonyl (C=O) groups is 3. The fourth-order valence-electron chi connectivity index (χ4n) is 3.35. The number of thioether (sulfide) groups is 2. The van der Waals surface area contributed by atoms with Gasteiger partial charge in [-0.2, -0.15) is 0 Å². The summed E-state index contributed by atoms with van der Waals surface area (Å²) in [6, 6.07) is 2.90. The van der Waals surface area contributed by atoms with Crippen molar-refractivity contribution in [3.8, 4) is 0 Å². The van der Waals surface area contributed by atoms with E-state index in [9.17, 15) is 24.7 Å². The van der Waals surface area contributed by atoms with Crippen LogP contribution < -0.4 is 15.6 Å². The zero-order valence-corrected chi connectivity index (χ0v) is 20.1. The molecule has 2 atom stereocenters. The van der Waals surface area contributed by atoms with E-state index in [-0.39, 0.29) is 22.2 Å². The molecular formula is C20H19N6O5S3+. The molecule has 2 aliphatic rings. The van der Waals surface area contributed by atoms with Crippen molar-refractivity contribution < 1.29 is 29.3 Å². The number of β-lactam (4-membered cyclic amide) rings is 1. The van der Waals surface area contributed by atoms with Crippen molar-refractivity contribution in [2.45, 2.75) is 16.3 Å². The summed E-state index contributed by atoms with van der Waals surface area (Å²) >= 11 is 3.83. The smallest absolute Gasteiger partial charge is 0.352 e. The molecule has 2 aromatic rings. The minimum absolute atomic E-state index is 0.0747. The number of nitrogens with two attached hydrogens (primary N) is 1. The van der Waals surface area contributed by atoms with Crippen LogP contribution in [0.1, 0.15) is 5.69 Å². The van der Waals surface area contributed by atoms with Crippen LogP contribution in [-0.4, -0.2) is 60.9 Å². The lowest BCUT2D eigenvalue weighted by molar-refractivity contribution is -0.671. The number of anilines is 1. The highest BCUT2D eigenvalue weighted by Gasteiger charge is 2.54. The van der Waals surface area contributed by atoms with Gasteiger partial charge in [0.05, 0.1) is 0 Å². The van der Waals surface area contributed by atoms with Crippen LogP contribution in [0.25, 0.3) is 0 Å². The summed E-state index contributed by atoms with van der Waals surface area (Å²) in [6.45, 7) is 0. The molecule has 2 aliphatic heterocycles. The molecule has 0 aromatic carbocycles. The van der Waals surface area contributed by atoms with Gasteiger partial charge < -0.3 is 21.4 Å². The minimum Gasteiger partial charge on any atom is -0.477 e. The van der Waals surface area contributed by atoms with Crippen molar-refractivity contribution in [1.82, 2.24) is 15.2 Å². The number of oxime groups is 1. The van der Waals surface area contributed by atoms with Gasteiger partial charge in [-0.15, -0.1) is 23.1 Å². The second-order valence-corrected chi connectivity index (χ2v) is 10.2. The van der Waals surface area contributed by atoms with Crippen molar-refractivity contribution in [1.29, 1.82) is 0 Å². The molecular weight excluding hydrogens is 500 g/mol. The number of aryl methyl sites for hydroxylation is 1. The number of nitrogens with one attached hydrogen (secondary N) is 1. The standard InChI is InChI=1S/C20H18N6O5S3/c1-25-5-2-11(3-6-25)32-7-4-10-8-33-18-14(17(28)26(18)15(10)19(29)30)23-16(27)13(24-31)12-9-34-20(21)22-12/h2-7,9,14,18H,8H2,1H3,(H4-,21,22,23,27,29,30,31)/p+1/b7-4+/t14-,18-/m1/s1. The summed E-state index contributed by atoms with van der Waals surface area (Å²) in [5, 5.41) is 27.3. The SMILES string of the molecule is C[n+]1ccc(S/C=C/C2=C(C(=O)O)N3C(=O)[C@@H](NC(=O)/C(=N/O)c4csc(N)n4)[C@H]3SC2)cc1. The van der Waals surface area contributed by atoms with Gasteiger partial charge in [-0.1, -0.05) is 16.9 Å². The average molecular weight is 520 g/mol. The number of rotatable bonds is 7. The van der Waals surface area contributed by atoms with Gasteiger partial charge in [0, 0.05) is 28.2 Å². The number of pyridine rings is 1. The third-order valence-corrected chi connectivity index (χ3v) is 7.78. The van der Waals surface area contributed by atoms with Crippen LogP contribution in [0.3, 0.4) is 0 Å². The van der Waals surface area contributed by atoms with Gasteiger partial charge >= 0.3 is 5.97 Å². The number of hydrogen-bond donors (Lipinski definition) is 4. The highest BCUT2D eigenvalue weighted by molar-refractivity contribution is 8.02. The molecule has 0 radical (unpaired) electrons. The third-order valence-electron chi connectivity index (χ3n) is 4.99. The third kappa shape index (κ3) is 4.64. The number of aliphatic carboxylic acids is 1. The second kappa shape index (κ2) is 9.87. The van der Waals surface area contributed by atoms with E-state index in [2.05, 4.69) is 15.5 Å². The lowest BCUT2D eigenvalue weighted by Gasteiger charge is -2.49. The van der Waals surface area contributed by atoms with E-state index in [1.807, 2.05) is 36.1 Å². The van der Waals surface area contributed by atoms with Crippen molar-refractivity contribution in [3.63, 3.8) is 0 Å². The first-order chi connectivity index (χ1) is 16.3. The maximum atomic E-state index is 12.8. The number of fused-ring (bicyclic) bond motifs is 1. The van der Waals surface area contributed by atoms with Crippen LogP contribution in [0.2, 0.25) is 0 Å². The zero-order chi connectivity index (χ0) is 24.4. The predicted molar refractivity (Wildman–Crippen MR) is 127 cm³/mol. The first-order valence-corrected chi connectivity index (χ1v) is 12.5. The monoisotopic (exact) mass is 519 g/mol. The van der Waals surface area contributed by atoms with Gasteiger partial charge in [0.15, 0.2) is 23.2 Å². The molecule has 11 nitrogen and oxygen atoms in total. The summed E-state index contributed by atoms with van der Waals surface area (Å²) < 4.78 is 1.91. The summed E-state index contributed by atoms with van der Waals surface area (Å²) in [4.78, 5) is 43.4. The molecule has 0 aliphatic carbocycles. The Morgan fingerprint density at radius 2 is 2.15 bits per heavy atom. The van der Waals surface area contributed by atoms with Gasteiger partial charge in [0.2, 0.25) is 0 Å². The average Bonchev–Trinajstić information content (AvgIpc) is 3.24. The molecule has 5 N–H and O–H groups in total. The lowest BCUT2D eigenvalue weighted by atomic mass is 10.0. The number of carboxylic acids is 1. The van der Waals surface area contributed by atoms with E-state index < -0.39 is 29.2 Å². The quantitative estimate of drug-likeness (QED) is 0.103. The Morgan fingerprint density at radius 1 is 1.41 bits per heavy atom. The number of thiazole rings is 1. The molecule has 176 valence electrons. The van der Waals surface area contributed by atoms with Crippen LogP contribution in [0.5, 0.6) is 0 Å². The number of nitrogens with zero attached hydrogens (tertiary/aromatic N) is 4. The van der Waals surface area contributed by atoms with Gasteiger partial charge in [0.25, 0.3) is 11.8 Å². The van der Waals surface area contributed by atoms with E-state index in [1.54, 1.807) is 11.5 Å². The molecule has 1 saturated heterocycles.